The summed E-state index contributed by atoms with van der Waals surface area (Å²) in [6.45, 7) is 6.42. The van der Waals surface area contributed by atoms with E-state index in [9.17, 15) is 13.9 Å². The summed E-state index contributed by atoms with van der Waals surface area (Å²) >= 11 is 0. The second kappa shape index (κ2) is 10.9. The number of nitrogens with one attached hydrogen (secondary N) is 1. The lowest BCUT2D eigenvalue weighted by Crippen LogP contribution is -2.41. The molecule has 1 aliphatic carbocycles. The number of halogens is 4. The minimum atomic E-state index is -3.84. The van der Waals surface area contributed by atoms with E-state index in [1.54, 1.807) is 19.9 Å². The van der Waals surface area contributed by atoms with Crippen LogP contribution in [0.25, 0.3) is 10.9 Å². The molecule has 0 amide bonds. The molecule has 2 atom stereocenters. The van der Waals surface area contributed by atoms with Crippen molar-refractivity contribution in [2.24, 2.45) is 0 Å². The first kappa shape index (κ1) is 29.3. The topological polar surface area (TPSA) is 79.7 Å². The lowest BCUT2D eigenvalue weighted by atomic mass is 9.91. The quantitative estimate of drug-likeness (QED) is 0.276. The van der Waals surface area contributed by atoms with Crippen molar-refractivity contribution in [2.75, 3.05) is 25.6 Å². The van der Waals surface area contributed by atoms with Crippen LogP contribution in [0.4, 0.5) is 23.4 Å². The molecule has 3 aromatic rings. The molecule has 5 rings (SSSR count). The summed E-state index contributed by atoms with van der Waals surface area (Å²) in [7, 11) is 1.36. The first-order valence-corrected chi connectivity index (χ1v) is 13.9. The SMILES string of the molecule is COc1c(OC[C@@H]2CCCN2C2CC2)cc2c(N[C@H](C)c3cccc(C(F)(F)C(C)(C)O)c3F)nc(C)nc2c1F. The first-order valence-electron chi connectivity index (χ1n) is 13.9. The van der Waals surface area contributed by atoms with Gasteiger partial charge < -0.3 is 19.9 Å². The summed E-state index contributed by atoms with van der Waals surface area (Å²) in [5.41, 5.74) is -3.48. The van der Waals surface area contributed by atoms with Crippen LogP contribution in [0.5, 0.6) is 11.5 Å². The van der Waals surface area contributed by atoms with Crippen LogP contribution in [0.2, 0.25) is 0 Å². The lowest BCUT2D eigenvalue weighted by molar-refractivity contribution is -0.170. The second-order valence-electron chi connectivity index (χ2n) is 11.5. The van der Waals surface area contributed by atoms with Gasteiger partial charge in [0, 0.05) is 23.0 Å². The van der Waals surface area contributed by atoms with Crippen molar-refractivity contribution in [3.05, 3.63) is 52.9 Å². The number of fused-ring (bicyclic) bond motifs is 1. The Hall–Kier alpha value is -3.18. The maximum Gasteiger partial charge on any atom is 0.303 e. The average Bonchev–Trinajstić information content (AvgIpc) is 3.64. The van der Waals surface area contributed by atoms with Gasteiger partial charge in [0.1, 0.15) is 35.2 Å². The number of benzene rings is 2. The number of nitrogens with zero attached hydrogens (tertiary/aromatic N) is 3. The molecule has 2 fully saturated rings. The highest BCUT2D eigenvalue weighted by molar-refractivity contribution is 5.92. The Bertz CT molecular complexity index is 1440. The van der Waals surface area contributed by atoms with E-state index in [1.807, 2.05) is 0 Å². The summed E-state index contributed by atoms with van der Waals surface area (Å²) < 4.78 is 72.4. The molecule has 1 aromatic heterocycles. The van der Waals surface area contributed by atoms with E-state index in [0.29, 0.717) is 12.6 Å². The second-order valence-corrected chi connectivity index (χ2v) is 11.5. The van der Waals surface area contributed by atoms with Crippen molar-refractivity contribution < 1.29 is 32.1 Å². The van der Waals surface area contributed by atoms with Crippen molar-refractivity contribution >= 4 is 16.7 Å². The maximum absolute atomic E-state index is 15.7. The number of alkyl halides is 2. The largest absolute Gasteiger partial charge is 0.490 e. The zero-order chi connectivity index (χ0) is 29.7. The fraction of sp³-hybridized carbons (Fsp3) is 0.533. The van der Waals surface area contributed by atoms with Gasteiger partial charge in [-0.25, -0.2) is 18.7 Å². The number of methoxy groups -OCH3 is 1. The number of rotatable bonds is 10. The van der Waals surface area contributed by atoms with E-state index in [-0.39, 0.29) is 45.6 Å². The van der Waals surface area contributed by atoms with E-state index in [0.717, 1.165) is 39.3 Å². The third-order valence-corrected chi connectivity index (χ3v) is 7.99. The van der Waals surface area contributed by atoms with E-state index < -0.39 is 34.8 Å². The number of hydrogen-bond donors (Lipinski definition) is 2. The van der Waals surface area contributed by atoms with Crippen molar-refractivity contribution in [3.63, 3.8) is 0 Å². The Morgan fingerprint density at radius 3 is 2.54 bits per heavy atom. The van der Waals surface area contributed by atoms with Gasteiger partial charge in [-0.15, -0.1) is 0 Å². The molecule has 41 heavy (non-hydrogen) atoms. The molecular formula is C30H36F4N4O3. The van der Waals surface area contributed by atoms with Gasteiger partial charge in [-0.2, -0.15) is 8.78 Å². The van der Waals surface area contributed by atoms with Gasteiger partial charge in [-0.1, -0.05) is 12.1 Å². The first-order chi connectivity index (χ1) is 19.3. The monoisotopic (exact) mass is 576 g/mol. The summed E-state index contributed by atoms with van der Waals surface area (Å²) in [4.78, 5) is 11.1. The predicted octanol–water partition coefficient (Wildman–Crippen LogP) is 6.27. The van der Waals surface area contributed by atoms with Gasteiger partial charge in [0.2, 0.25) is 0 Å². The van der Waals surface area contributed by atoms with E-state index in [4.69, 9.17) is 9.47 Å². The fourth-order valence-electron chi connectivity index (χ4n) is 5.55. The third kappa shape index (κ3) is 5.53. The Morgan fingerprint density at radius 2 is 1.88 bits per heavy atom. The van der Waals surface area contributed by atoms with Gasteiger partial charge in [0.15, 0.2) is 17.3 Å². The molecule has 0 radical (unpaired) electrons. The zero-order valence-corrected chi connectivity index (χ0v) is 23.9. The van der Waals surface area contributed by atoms with Crippen molar-refractivity contribution in [1.82, 2.24) is 14.9 Å². The number of hydrogen-bond acceptors (Lipinski definition) is 7. The normalized spacial score (nSPS) is 19.0. The van der Waals surface area contributed by atoms with Crippen molar-refractivity contribution in [2.45, 2.75) is 83.0 Å². The standard InChI is InChI=1S/C30H36F4N4O3/c1-16(20-9-6-10-22(24(20)31)30(33,34)29(3,4)39)35-28-21-14-23(27(40-5)25(32)26(21)36-17(2)37-28)41-15-19-8-7-13-38(19)18-11-12-18/h6,9-10,14,16,18-19,39H,7-8,11-13,15H2,1-5H3,(H,35,36,37)/t16-,19+/m1/s1. The molecule has 1 aliphatic heterocycles. The fourth-order valence-corrected chi connectivity index (χ4v) is 5.55. The molecule has 0 spiro atoms. The number of aliphatic hydroxyl groups is 1. The van der Waals surface area contributed by atoms with Crippen LogP contribution in [-0.4, -0.2) is 57.9 Å². The minimum absolute atomic E-state index is 0.0142. The summed E-state index contributed by atoms with van der Waals surface area (Å²) in [5.74, 6) is -5.15. The Morgan fingerprint density at radius 1 is 1.15 bits per heavy atom. The van der Waals surface area contributed by atoms with Gasteiger partial charge in [0.25, 0.3) is 0 Å². The highest BCUT2D eigenvalue weighted by Gasteiger charge is 2.49. The Balaban J connectivity index is 1.48. The highest BCUT2D eigenvalue weighted by atomic mass is 19.3. The number of ether oxygens (including phenoxy) is 2. The molecule has 2 aromatic carbocycles. The van der Waals surface area contributed by atoms with E-state index >= 15 is 8.78 Å². The zero-order valence-electron chi connectivity index (χ0n) is 23.9. The Kier molecular flexibility index (Phi) is 7.80. The molecule has 2 aliphatic rings. The van der Waals surface area contributed by atoms with Gasteiger partial charge in [0.05, 0.1) is 18.7 Å². The van der Waals surface area contributed by atoms with Crippen LogP contribution >= 0.6 is 0 Å². The molecule has 1 saturated carbocycles. The molecule has 11 heteroatoms. The maximum atomic E-state index is 15.7. The molecule has 2 N–H and O–H groups in total. The van der Waals surface area contributed by atoms with Gasteiger partial charge in [-0.3, -0.25) is 4.90 Å². The van der Waals surface area contributed by atoms with Crippen LogP contribution in [-0.2, 0) is 5.92 Å². The predicted molar refractivity (Wildman–Crippen MR) is 148 cm³/mol. The van der Waals surface area contributed by atoms with Crippen LogP contribution in [0.3, 0.4) is 0 Å². The molecule has 7 nitrogen and oxygen atoms in total. The molecule has 1 saturated heterocycles. The van der Waals surface area contributed by atoms with Crippen LogP contribution in [0, 0.1) is 18.6 Å². The minimum Gasteiger partial charge on any atom is -0.490 e. The number of aromatic nitrogens is 2. The number of anilines is 1. The van der Waals surface area contributed by atoms with Gasteiger partial charge >= 0.3 is 5.92 Å². The summed E-state index contributed by atoms with van der Waals surface area (Å²) in [5, 5.41) is 13.3. The number of aryl methyl sites for hydroxylation is 1. The molecule has 0 bridgehead atoms. The summed E-state index contributed by atoms with van der Waals surface area (Å²) in [6, 6.07) is 5.20. The van der Waals surface area contributed by atoms with Crippen molar-refractivity contribution in [1.29, 1.82) is 0 Å². The molecule has 0 unspecified atom stereocenters. The lowest BCUT2D eigenvalue weighted by Gasteiger charge is -2.30. The van der Waals surface area contributed by atoms with Gasteiger partial charge in [-0.05, 0) is 72.1 Å². The Labute approximate surface area is 236 Å². The smallest absolute Gasteiger partial charge is 0.303 e. The van der Waals surface area contributed by atoms with Crippen LogP contribution < -0.4 is 14.8 Å². The van der Waals surface area contributed by atoms with Crippen LogP contribution in [0.15, 0.2) is 24.3 Å². The molecular weight excluding hydrogens is 540 g/mol. The summed E-state index contributed by atoms with van der Waals surface area (Å²) in [6.07, 6.45) is 4.46. The highest BCUT2D eigenvalue weighted by Crippen LogP contribution is 2.42. The molecule has 2 heterocycles. The third-order valence-electron chi connectivity index (χ3n) is 7.99. The van der Waals surface area contributed by atoms with Crippen LogP contribution in [0.1, 0.15) is 69.4 Å². The average molecular weight is 577 g/mol. The van der Waals surface area contributed by atoms with E-state index in [1.165, 1.54) is 32.1 Å². The number of likely N-dealkylation sites (tertiary alicyclic amines) is 1. The van der Waals surface area contributed by atoms with Crippen molar-refractivity contribution in [3.8, 4) is 11.5 Å². The molecule has 222 valence electrons. The van der Waals surface area contributed by atoms with E-state index in [2.05, 4.69) is 20.2 Å².